The maximum Gasteiger partial charge on any atom is 0.242 e. The first-order valence-electron chi connectivity index (χ1n) is 6.48. The predicted octanol–water partition coefficient (Wildman–Crippen LogP) is 2.32. The zero-order valence-electron chi connectivity index (χ0n) is 11.9. The summed E-state index contributed by atoms with van der Waals surface area (Å²) >= 11 is 0. The topological polar surface area (TPSA) is 81.4 Å². The summed E-state index contributed by atoms with van der Waals surface area (Å²) in [5.41, 5.74) is 6.98. The molecule has 6 heteroatoms. The van der Waals surface area contributed by atoms with E-state index in [1.807, 2.05) is 37.3 Å². The molecule has 0 aliphatic heterocycles. The van der Waals surface area contributed by atoms with Gasteiger partial charge in [0.2, 0.25) is 10.0 Å². The summed E-state index contributed by atoms with van der Waals surface area (Å²) in [4.78, 5) is 0.0460. The monoisotopic (exact) mass is 306 g/mol. The molecule has 21 heavy (non-hydrogen) atoms. The number of sulfonamides is 1. The van der Waals surface area contributed by atoms with Crippen LogP contribution in [-0.2, 0) is 10.0 Å². The van der Waals surface area contributed by atoms with Crippen LogP contribution in [0.2, 0.25) is 0 Å². The van der Waals surface area contributed by atoms with Gasteiger partial charge < -0.3 is 10.5 Å². The van der Waals surface area contributed by atoms with Gasteiger partial charge in [-0.3, -0.25) is 0 Å². The second kappa shape index (κ2) is 6.15. The molecule has 0 amide bonds. The molecule has 0 aromatic heterocycles. The van der Waals surface area contributed by atoms with Gasteiger partial charge in [0.05, 0.1) is 5.69 Å². The summed E-state index contributed by atoms with van der Waals surface area (Å²) in [5.74, 6) is 0.527. The van der Waals surface area contributed by atoms with E-state index in [9.17, 15) is 8.42 Å². The highest BCUT2D eigenvalue weighted by molar-refractivity contribution is 7.89. The van der Waals surface area contributed by atoms with E-state index in [2.05, 4.69) is 4.72 Å². The Hall–Kier alpha value is -2.05. The largest absolute Gasteiger partial charge is 0.486 e. The van der Waals surface area contributed by atoms with Gasteiger partial charge in [0.1, 0.15) is 16.7 Å². The van der Waals surface area contributed by atoms with E-state index < -0.39 is 10.0 Å². The highest BCUT2D eigenvalue weighted by Gasteiger charge is 2.16. The van der Waals surface area contributed by atoms with E-state index in [1.165, 1.54) is 19.2 Å². The first-order valence-corrected chi connectivity index (χ1v) is 7.97. The zero-order valence-corrected chi connectivity index (χ0v) is 12.7. The van der Waals surface area contributed by atoms with E-state index in [0.29, 0.717) is 5.75 Å². The molecule has 0 radical (unpaired) electrons. The fourth-order valence-electron chi connectivity index (χ4n) is 1.95. The minimum absolute atomic E-state index is 0.0460. The van der Waals surface area contributed by atoms with E-state index in [-0.39, 0.29) is 16.7 Å². The zero-order chi connectivity index (χ0) is 15.5. The molecule has 2 aromatic carbocycles. The molecular weight excluding hydrogens is 288 g/mol. The molecule has 0 aliphatic carbocycles. The van der Waals surface area contributed by atoms with Crippen LogP contribution in [0.3, 0.4) is 0 Å². The summed E-state index contributed by atoms with van der Waals surface area (Å²) in [7, 11) is -2.21. The highest BCUT2D eigenvalue weighted by Crippen LogP contribution is 2.27. The Balaban J connectivity index is 2.22. The maximum atomic E-state index is 11.7. The minimum atomic E-state index is -3.56. The Labute approximate surface area is 124 Å². The third-order valence-corrected chi connectivity index (χ3v) is 4.61. The molecule has 0 bridgehead atoms. The molecule has 1 atom stereocenters. The molecule has 112 valence electrons. The third kappa shape index (κ3) is 3.53. The van der Waals surface area contributed by atoms with Crippen LogP contribution < -0.4 is 15.2 Å². The van der Waals surface area contributed by atoms with Crippen LogP contribution in [-0.4, -0.2) is 15.5 Å². The van der Waals surface area contributed by atoms with Gasteiger partial charge in [0.25, 0.3) is 0 Å². The Morgan fingerprint density at radius 2 is 1.81 bits per heavy atom. The third-order valence-electron chi connectivity index (χ3n) is 3.12. The van der Waals surface area contributed by atoms with Crippen molar-refractivity contribution in [2.75, 3.05) is 12.8 Å². The van der Waals surface area contributed by atoms with Crippen LogP contribution in [0.25, 0.3) is 0 Å². The Morgan fingerprint density at radius 3 is 2.38 bits per heavy atom. The lowest BCUT2D eigenvalue weighted by Crippen LogP contribution is -2.19. The molecule has 2 aromatic rings. The molecule has 2 rings (SSSR count). The molecule has 0 aliphatic rings. The van der Waals surface area contributed by atoms with Crippen LogP contribution >= 0.6 is 0 Å². The predicted molar refractivity (Wildman–Crippen MR) is 82.6 cm³/mol. The van der Waals surface area contributed by atoms with Crippen molar-refractivity contribution >= 4 is 15.7 Å². The minimum Gasteiger partial charge on any atom is -0.486 e. The van der Waals surface area contributed by atoms with Gasteiger partial charge in [-0.1, -0.05) is 30.3 Å². The van der Waals surface area contributed by atoms with Crippen LogP contribution in [0.5, 0.6) is 5.75 Å². The van der Waals surface area contributed by atoms with Gasteiger partial charge in [-0.15, -0.1) is 0 Å². The van der Waals surface area contributed by atoms with Crippen LogP contribution in [0.1, 0.15) is 18.6 Å². The van der Waals surface area contributed by atoms with Crippen LogP contribution in [0, 0.1) is 0 Å². The molecule has 0 heterocycles. The van der Waals surface area contributed by atoms with Crippen molar-refractivity contribution in [3.63, 3.8) is 0 Å². The molecule has 5 nitrogen and oxygen atoms in total. The number of rotatable bonds is 5. The van der Waals surface area contributed by atoms with Crippen LogP contribution in [0.15, 0.2) is 53.4 Å². The van der Waals surface area contributed by atoms with E-state index in [4.69, 9.17) is 10.5 Å². The maximum absolute atomic E-state index is 11.7. The second-order valence-corrected chi connectivity index (χ2v) is 6.43. The quantitative estimate of drug-likeness (QED) is 0.831. The number of nitrogens with one attached hydrogen (secondary N) is 1. The van der Waals surface area contributed by atoms with Crippen molar-refractivity contribution in [1.82, 2.24) is 4.72 Å². The van der Waals surface area contributed by atoms with Gasteiger partial charge >= 0.3 is 0 Å². The number of hydrogen-bond acceptors (Lipinski definition) is 4. The smallest absolute Gasteiger partial charge is 0.242 e. The van der Waals surface area contributed by atoms with E-state index in [1.54, 1.807) is 6.07 Å². The lowest BCUT2D eigenvalue weighted by molar-refractivity contribution is 0.227. The van der Waals surface area contributed by atoms with Crippen molar-refractivity contribution in [2.45, 2.75) is 17.9 Å². The molecule has 0 saturated heterocycles. The Kier molecular flexibility index (Phi) is 4.50. The van der Waals surface area contributed by atoms with E-state index >= 15 is 0 Å². The van der Waals surface area contributed by atoms with Gasteiger partial charge in [-0.25, -0.2) is 13.1 Å². The fraction of sp³-hybridized carbons (Fsp3) is 0.200. The lowest BCUT2D eigenvalue weighted by atomic mass is 10.1. The normalized spacial score (nSPS) is 12.9. The summed E-state index contributed by atoms with van der Waals surface area (Å²) in [5, 5.41) is 0. The molecule has 0 saturated carbocycles. The molecule has 1 unspecified atom stereocenters. The Morgan fingerprint density at radius 1 is 1.14 bits per heavy atom. The van der Waals surface area contributed by atoms with Crippen molar-refractivity contribution in [2.24, 2.45) is 0 Å². The van der Waals surface area contributed by atoms with Gasteiger partial charge in [-0.2, -0.15) is 0 Å². The van der Waals surface area contributed by atoms with Crippen molar-refractivity contribution in [3.8, 4) is 5.75 Å². The van der Waals surface area contributed by atoms with Gasteiger partial charge in [-0.05, 0) is 31.7 Å². The van der Waals surface area contributed by atoms with Crippen LogP contribution in [0.4, 0.5) is 5.69 Å². The molecule has 3 N–H and O–H groups in total. The standard InChI is InChI=1S/C15H18N2O3S/c1-11(12-6-4-3-5-7-12)20-13-8-9-15(14(16)10-13)21(18,19)17-2/h3-11,17H,16H2,1-2H3. The van der Waals surface area contributed by atoms with Crippen molar-refractivity contribution in [3.05, 3.63) is 54.1 Å². The number of nitrogens with two attached hydrogens (primary N) is 1. The fourth-order valence-corrected chi connectivity index (χ4v) is 2.79. The molecule has 0 fully saturated rings. The average molecular weight is 306 g/mol. The SMILES string of the molecule is CNS(=O)(=O)c1ccc(OC(C)c2ccccc2)cc1N. The lowest BCUT2D eigenvalue weighted by Gasteiger charge is -2.16. The number of ether oxygens (including phenoxy) is 1. The molecule has 0 spiro atoms. The molecular formula is C15H18N2O3S. The average Bonchev–Trinajstić information content (AvgIpc) is 2.48. The number of nitrogen functional groups attached to an aromatic ring is 1. The Bertz CT molecular complexity index is 715. The van der Waals surface area contributed by atoms with Crippen molar-refractivity contribution in [1.29, 1.82) is 0 Å². The summed E-state index contributed by atoms with van der Waals surface area (Å²) < 4.78 is 31.5. The van der Waals surface area contributed by atoms with Gasteiger partial charge in [0, 0.05) is 6.07 Å². The van der Waals surface area contributed by atoms with Gasteiger partial charge in [0.15, 0.2) is 0 Å². The van der Waals surface area contributed by atoms with Crippen molar-refractivity contribution < 1.29 is 13.2 Å². The first-order chi connectivity index (χ1) is 9.94. The number of benzene rings is 2. The van der Waals surface area contributed by atoms with E-state index in [0.717, 1.165) is 5.56 Å². The summed E-state index contributed by atoms with van der Waals surface area (Å²) in [6.07, 6.45) is -0.155. The number of anilines is 1. The highest BCUT2D eigenvalue weighted by atomic mass is 32.2. The number of hydrogen-bond donors (Lipinski definition) is 2. The summed E-state index contributed by atoms with van der Waals surface area (Å²) in [6, 6.07) is 14.3. The second-order valence-electron chi connectivity index (χ2n) is 4.58. The summed E-state index contributed by atoms with van der Waals surface area (Å²) in [6.45, 7) is 1.92. The first kappa shape index (κ1) is 15.3.